The fourth-order valence-electron chi connectivity index (χ4n) is 7.93. The Morgan fingerprint density at radius 1 is 0.415 bits per heavy atom. The van der Waals surface area contributed by atoms with Crippen LogP contribution >= 0.6 is 0 Å². The van der Waals surface area contributed by atoms with Gasteiger partial charge >= 0.3 is 0 Å². The second-order valence-electron chi connectivity index (χ2n) is 13.6. The molecule has 0 radical (unpaired) electrons. The summed E-state index contributed by atoms with van der Waals surface area (Å²) in [6, 6.07) is 64.0. The summed E-state index contributed by atoms with van der Waals surface area (Å²) in [7, 11) is 0. The van der Waals surface area contributed by atoms with Gasteiger partial charge in [-0.1, -0.05) is 121 Å². The molecule has 0 saturated carbocycles. The lowest BCUT2D eigenvalue weighted by Crippen LogP contribution is -2.10. The standard InChI is InChI=1S/C49H30N2O2/c1-2-13-34-28-36(23-22-31(34)10-1)35-15-7-16-37(29-35)51(44-20-8-14-32-11-3-5-17-39(32)44)38-25-26-41-46(30-38)52-45-21-9-19-42(47(41)45)49-50-43-27-24-33-12-4-6-18-40(33)48(43)53-49/h1-30H. The molecule has 0 fully saturated rings. The molecule has 0 spiro atoms. The first-order valence-electron chi connectivity index (χ1n) is 17.9. The molecule has 0 aliphatic heterocycles. The molecule has 0 saturated heterocycles. The summed E-state index contributed by atoms with van der Waals surface area (Å²) in [4.78, 5) is 7.30. The molecule has 0 bridgehead atoms. The fourth-order valence-corrected chi connectivity index (χ4v) is 7.93. The molecule has 9 aromatic carbocycles. The molecule has 248 valence electrons. The Morgan fingerprint density at radius 3 is 2.02 bits per heavy atom. The molecule has 0 aliphatic rings. The molecule has 0 atom stereocenters. The van der Waals surface area contributed by atoms with E-state index < -0.39 is 0 Å². The van der Waals surface area contributed by atoms with Gasteiger partial charge in [-0.2, -0.15) is 0 Å². The predicted octanol–water partition coefficient (Wildman–Crippen LogP) is 14.0. The van der Waals surface area contributed by atoms with Crippen LogP contribution in [0.25, 0.3) is 87.9 Å². The summed E-state index contributed by atoms with van der Waals surface area (Å²) in [5.41, 5.74) is 9.59. The zero-order chi connectivity index (χ0) is 34.9. The van der Waals surface area contributed by atoms with Crippen molar-refractivity contribution in [1.82, 2.24) is 4.98 Å². The van der Waals surface area contributed by atoms with Gasteiger partial charge < -0.3 is 13.7 Å². The number of oxazole rings is 1. The van der Waals surface area contributed by atoms with Gasteiger partial charge in [-0.3, -0.25) is 0 Å². The largest absolute Gasteiger partial charge is 0.456 e. The first kappa shape index (κ1) is 29.5. The smallest absolute Gasteiger partial charge is 0.228 e. The highest BCUT2D eigenvalue weighted by atomic mass is 16.3. The van der Waals surface area contributed by atoms with Gasteiger partial charge in [0.2, 0.25) is 5.89 Å². The Labute approximate surface area is 304 Å². The second-order valence-corrected chi connectivity index (χ2v) is 13.6. The minimum atomic E-state index is 0.580. The molecule has 2 aromatic heterocycles. The molecule has 0 amide bonds. The maximum Gasteiger partial charge on any atom is 0.228 e. The normalized spacial score (nSPS) is 11.8. The molecule has 0 unspecified atom stereocenters. The average Bonchev–Trinajstić information content (AvgIpc) is 3.83. The van der Waals surface area contributed by atoms with E-state index in [-0.39, 0.29) is 0 Å². The molecular formula is C49H30N2O2. The van der Waals surface area contributed by atoms with Crippen LogP contribution in [0.2, 0.25) is 0 Å². The number of benzene rings is 9. The summed E-state index contributed by atoms with van der Waals surface area (Å²) < 4.78 is 13.2. The lowest BCUT2D eigenvalue weighted by Gasteiger charge is -2.27. The number of anilines is 3. The SMILES string of the molecule is c1cc(-c2ccc3ccccc3c2)cc(N(c2ccc3c(c2)oc2cccc(-c4nc5ccc6ccccc6c5o4)c23)c2cccc3ccccc23)c1. The van der Waals surface area contributed by atoms with Crippen LogP contribution < -0.4 is 4.90 Å². The Bertz CT molecular complexity index is 3200. The zero-order valence-electron chi connectivity index (χ0n) is 28.5. The van der Waals surface area contributed by atoms with Gasteiger partial charge in [0.25, 0.3) is 0 Å². The van der Waals surface area contributed by atoms with Crippen LogP contribution in [0.15, 0.2) is 191 Å². The van der Waals surface area contributed by atoms with Gasteiger partial charge in [0.05, 0.1) is 5.69 Å². The molecule has 53 heavy (non-hydrogen) atoms. The van der Waals surface area contributed by atoms with E-state index in [4.69, 9.17) is 13.8 Å². The van der Waals surface area contributed by atoms with Crippen molar-refractivity contribution in [2.24, 2.45) is 0 Å². The predicted molar refractivity (Wildman–Crippen MR) is 219 cm³/mol. The highest BCUT2D eigenvalue weighted by Crippen LogP contribution is 2.44. The van der Waals surface area contributed by atoms with Crippen LogP contribution in [-0.2, 0) is 0 Å². The number of aromatic nitrogens is 1. The number of furan rings is 1. The van der Waals surface area contributed by atoms with Crippen LogP contribution in [0.5, 0.6) is 0 Å². The van der Waals surface area contributed by atoms with Gasteiger partial charge in [0, 0.05) is 44.5 Å². The molecule has 2 heterocycles. The Morgan fingerprint density at radius 2 is 1.11 bits per heavy atom. The van der Waals surface area contributed by atoms with Crippen LogP contribution in [0.1, 0.15) is 0 Å². The second kappa shape index (κ2) is 11.7. The first-order chi connectivity index (χ1) is 26.2. The monoisotopic (exact) mass is 678 g/mol. The first-order valence-corrected chi connectivity index (χ1v) is 17.9. The highest BCUT2D eigenvalue weighted by molar-refractivity contribution is 6.13. The van der Waals surface area contributed by atoms with E-state index in [1.54, 1.807) is 0 Å². The molecule has 0 N–H and O–H groups in total. The number of fused-ring (bicyclic) bond motifs is 8. The number of hydrogen-bond donors (Lipinski definition) is 0. The quantitative estimate of drug-likeness (QED) is 0.182. The van der Waals surface area contributed by atoms with Crippen LogP contribution in [-0.4, -0.2) is 4.98 Å². The third-order valence-electron chi connectivity index (χ3n) is 10.4. The van der Waals surface area contributed by atoms with E-state index in [0.717, 1.165) is 72.0 Å². The molecule has 4 heteroatoms. The Hall–Kier alpha value is -7.17. The Kier molecular flexibility index (Phi) is 6.52. The summed E-state index contributed by atoms with van der Waals surface area (Å²) in [6.45, 7) is 0. The van der Waals surface area contributed by atoms with Crippen molar-refractivity contribution in [2.45, 2.75) is 0 Å². The van der Waals surface area contributed by atoms with E-state index in [2.05, 4.69) is 157 Å². The lowest BCUT2D eigenvalue weighted by molar-refractivity contribution is 0.623. The van der Waals surface area contributed by atoms with Crippen molar-refractivity contribution in [2.75, 3.05) is 4.90 Å². The number of rotatable bonds is 5. The Balaban J connectivity index is 1.09. The minimum absolute atomic E-state index is 0.580. The van der Waals surface area contributed by atoms with E-state index in [0.29, 0.717) is 5.89 Å². The van der Waals surface area contributed by atoms with Gasteiger partial charge in [0.15, 0.2) is 5.58 Å². The van der Waals surface area contributed by atoms with Crippen molar-refractivity contribution in [3.8, 4) is 22.6 Å². The molecule has 4 nitrogen and oxygen atoms in total. The van der Waals surface area contributed by atoms with Gasteiger partial charge in [-0.15, -0.1) is 0 Å². The third kappa shape index (κ3) is 4.80. The lowest BCUT2D eigenvalue weighted by atomic mass is 10.00. The van der Waals surface area contributed by atoms with Crippen LogP contribution in [0.3, 0.4) is 0 Å². The van der Waals surface area contributed by atoms with E-state index in [1.165, 1.54) is 27.1 Å². The van der Waals surface area contributed by atoms with Gasteiger partial charge in [0.1, 0.15) is 16.7 Å². The van der Waals surface area contributed by atoms with Crippen molar-refractivity contribution in [3.05, 3.63) is 182 Å². The number of nitrogens with zero attached hydrogens (tertiary/aromatic N) is 2. The maximum atomic E-state index is 6.65. The van der Waals surface area contributed by atoms with Crippen LogP contribution in [0.4, 0.5) is 17.1 Å². The fraction of sp³-hybridized carbons (Fsp3) is 0. The van der Waals surface area contributed by atoms with Crippen molar-refractivity contribution < 1.29 is 8.83 Å². The summed E-state index contributed by atoms with van der Waals surface area (Å²) >= 11 is 0. The van der Waals surface area contributed by atoms with Gasteiger partial charge in [-0.05, 0) is 87.3 Å². The van der Waals surface area contributed by atoms with Crippen molar-refractivity contribution in [3.63, 3.8) is 0 Å². The van der Waals surface area contributed by atoms with Gasteiger partial charge in [-0.25, -0.2) is 4.98 Å². The summed E-state index contributed by atoms with van der Waals surface area (Å²) in [5.74, 6) is 0.580. The topological polar surface area (TPSA) is 42.4 Å². The summed E-state index contributed by atoms with van der Waals surface area (Å²) in [6.07, 6.45) is 0. The molecular weight excluding hydrogens is 649 g/mol. The zero-order valence-corrected chi connectivity index (χ0v) is 28.5. The van der Waals surface area contributed by atoms with E-state index in [1.807, 2.05) is 30.3 Å². The molecule has 0 aliphatic carbocycles. The molecule has 11 rings (SSSR count). The maximum absolute atomic E-state index is 6.65. The highest BCUT2D eigenvalue weighted by Gasteiger charge is 2.21. The third-order valence-corrected chi connectivity index (χ3v) is 10.4. The summed E-state index contributed by atoms with van der Waals surface area (Å²) in [5, 5.41) is 8.98. The van der Waals surface area contributed by atoms with Crippen LogP contribution in [0, 0.1) is 0 Å². The molecule has 11 aromatic rings. The average molecular weight is 679 g/mol. The minimum Gasteiger partial charge on any atom is -0.456 e. The van der Waals surface area contributed by atoms with E-state index in [9.17, 15) is 0 Å². The van der Waals surface area contributed by atoms with Crippen molar-refractivity contribution >= 4 is 82.4 Å². The number of hydrogen-bond acceptors (Lipinski definition) is 4. The van der Waals surface area contributed by atoms with Crippen molar-refractivity contribution in [1.29, 1.82) is 0 Å². The van der Waals surface area contributed by atoms with E-state index >= 15 is 0 Å².